The van der Waals surface area contributed by atoms with Crippen molar-refractivity contribution in [2.45, 2.75) is 6.10 Å². The largest absolute Gasteiger partial charge is 0.389 e. The summed E-state index contributed by atoms with van der Waals surface area (Å²) in [5.74, 6) is -0.793. The number of halogens is 1. The molecule has 1 unspecified atom stereocenters. The highest BCUT2D eigenvalue weighted by Gasteiger charge is 2.14. The summed E-state index contributed by atoms with van der Waals surface area (Å²) in [6.45, 7) is 0.205. The van der Waals surface area contributed by atoms with Gasteiger partial charge in [-0.05, 0) is 12.1 Å². The van der Waals surface area contributed by atoms with Gasteiger partial charge in [0.2, 0.25) is 0 Å². The Kier molecular flexibility index (Phi) is 5.38. The number of nitrogens with one attached hydrogen (secondary N) is 1. The number of aromatic nitrogens is 1. The highest BCUT2D eigenvalue weighted by atomic mass is 32.1. The number of benzene rings is 1. The molecule has 1 amide bonds. The van der Waals surface area contributed by atoms with Gasteiger partial charge in [-0.3, -0.25) is 4.79 Å². The zero-order valence-corrected chi connectivity index (χ0v) is 12.2. The second-order valence-corrected chi connectivity index (χ2v) is 5.20. The van der Waals surface area contributed by atoms with Crippen LogP contribution in [0.25, 0.3) is 10.6 Å². The summed E-state index contributed by atoms with van der Waals surface area (Å²) in [6.07, 6.45) is -0.774. The van der Waals surface area contributed by atoms with Gasteiger partial charge in [-0.25, -0.2) is 9.37 Å². The van der Waals surface area contributed by atoms with Crippen LogP contribution in [-0.2, 0) is 4.74 Å². The van der Waals surface area contributed by atoms with E-state index in [2.05, 4.69) is 10.3 Å². The molecule has 1 aromatic carbocycles. The first kappa shape index (κ1) is 15.6. The summed E-state index contributed by atoms with van der Waals surface area (Å²) in [4.78, 5) is 16.0. The number of aliphatic hydroxyl groups is 1. The topological polar surface area (TPSA) is 71.5 Å². The summed E-state index contributed by atoms with van der Waals surface area (Å²) >= 11 is 1.19. The zero-order chi connectivity index (χ0) is 15.2. The molecule has 0 aliphatic carbocycles. The first-order valence-corrected chi connectivity index (χ1v) is 7.15. The molecule has 0 fully saturated rings. The summed E-state index contributed by atoms with van der Waals surface area (Å²) in [5, 5.41) is 14.0. The quantitative estimate of drug-likeness (QED) is 0.851. The van der Waals surface area contributed by atoms with Gasteiger partial charge in [-0.15, -0.1) is 11.3 Å². The van der Waals surface area contributed by atoms with E-state index < -0.39 is 12.0 Å². The van der Waals surface area contributed by atoms with Crippen LogP contribution in [0.15, 0.2) is 29.6 Å². The molecule has 2 rings (SSSR count). The van der Waals surface area contributed by atoms with E-state index in [1.54, 1.807) is 23.6 Å². The Hall–Kier alpha value is -1.83. The molecule has 0 radical (unpaired) electrons. The van der Waals surface area contributed by atoms with E-state index in [0.717, 1.165) is 0 Å². The lowest BCUT2D eigenvalue weighted by atomic mass is 10.2. The van der Waals surface area contributed by atoms with Gasteiger partial charge in [-0.2, -0.15) is 0 Å². The highest BCUT2D eigenvalue weighted by Crippen LogP contribution is 2.25. The average molecular weight is 310 g/mol. The average Bonchev–Trinajstić information content (AvgIpc) is 2.95. The predicted molar refractivity (Wildman–Crippen MR) is 77.7 cm³/mol. The third-order valence-electron chi connectivity index (χ3n) is 2.70. The van der Waals surface area contributed by atoms with Crippen molar-refractivity contribution in [3.8, 4) is 10.6 Å². The fourth-order valence-corrected chi connectivity index (χ4v) is 2.52. The molecule has 1 heterocycles. The number of thiazole rings is 1. The Morgan fingerprint density at radius 1 is 1.52 bits per heavy atom. The van der Waals surface area contributed by atoms with E-state index in [1.807, 2.05) is 0 Å². The number of aliphatic hydroxyl groups excluding tert-OH is 1. The van der Waals surface area contributed by atoms with Crippen molar-refractivity contribution in [3.05, 3.63) is 41.2 Å². The smallest absolute Gasteiger partial charge is 0.270 e. The van der Waals surface area contributed by atoms with Crippen molar-refractivity contribution in [1.29, 1.82) is 0 Å². The number of hydrogen-bond acceptors (Lipinski definition) is 5. The molecule has 2 N–H and O–H groups in total. The molecule has 0 saturated heterocycles. The van der Waals surface area contributed by atoms with Gasteiger partial charge in [0.1, 0.15) is 16.5 Å². The Morgan fingerprint density at radius 3 is 3.00 bits per heavy atom. The molecule has 0 spiro atoms. The van der Waals surface area contributed by atoms with Gasteiger partial charge in [0, 0.05) is 24.6 Å². The molecule has 1 aromatic heterocycles. The normalized spacial score (nSPS) is 12.1. The molecule has 1 atom stereocenters. The Bertz CT molecular complexity index is 618. The molecular weight excluding hydrogens is 295 g/mol. The van der Waals surface area contributed by atoms with Gasteiger partial charge < -0.3 is 15.2 Å². The van der Waals surface area contributed by atoms with Crippen molar-refractivity contribution in [1.82, 2.24) is 10.3 Å². The van der Waals surface area contributed by atoms with Crippen molar-refractivity contribution in [2.24, 2.45) is 0 Å². The Morgan fingerprint density at radius 2 is 2.29 bits per heavy atom. The lowest BCUT2D eigenvalue weighted by Gasteiger charge is -2.09. The van der Waals surface area contributed by atoms with Crippen molar-refractivity contribution in [2.75, 3.05) is 20.3 Å². The Labute approximate surface area is 125 Å². The van der Waals surface area contributed by atoms with Gasteiger partial charge >= 0.3 is 0 Å². The summed E-state index contributed by atoms with van der Waals surface area (Å²) in [5.41, 5.74) is 0.559. The molecule has 0 saturated carbocycles. The first-order valence-electron chi connectivity index (χ1n) is 6.27. The molecular formula is C14H15FN2O3S. The molecule has 5 nitrogen and oxygen atoms in total. The monoisotopic (exact) mass is 310 g/mol. The van der Waals surface area contributed by atoms with E-state index in [4.69, 9.17) is 4.74 Å². The van der Waals surface area contributed by atoms with Crippen LogP contribution in [0.1, 0.15) is 10.5 Å². The summed E-state index contributed by atoms with van der Waals surface area (Å²) in [6, 6.07) is 6.26. The van der Waals surface area contributed by atoms with Crippen LogP contribution in [0.2, 0.25) is 0 Å². The molecule has 112 valence electrons. The van der Waals surface area contributed by atoms with E-state index in [9.17, 15) is 14.3 Å². The number of hydrogen-bond donors (Lipinski definition) is 2. The Balaban J connectivity index is 2.03. The van der Waals surface area contributed by atoms with Crippen LogP contribution >= 0.6 is 11.3 Å². The molecule has 0 bridgehead atoms. The molecule has 7 heteroatoms. The number of ether oxygens (including phenoxy) is 1. The number of carbonyl (C=O) groups is 1. The minimum Gasteiger partial charge on any atom is -0.389 e. The van der Waals surface area contributed by atoms with Crippen LogP contribution in [-0.4, -0.2) is 42.4 Å². The summed E-state index contributed by atoms with van der Waals surface area (Å²) < 4.78 is 18.4. The van der Waals surface area contributed by atoms with Crippen molar-refractivity contribution < 1.29 is 19.0 Å². The van der Waals surface area contributed by atoms with E-state index in [1.165, 1.54) is 24.5 Å². The van der Waals surface area contributed by atoms with Crippen LogP contribution in [0.3, 0.4) is 0 Å². The standard InChI is InChI=1S/C14H15FN2O3S/c1-20-7-9(18)6-16-13(19)12-8-21-14(17-12)10-4-2-3-5-11(10)15/h2-5,8-9,18H,6-7H2,1H3,(H,16,19). The molecule has 2 aromatic rings. The van der Waals surface area contributed by atoms with E-state index in [-0.39, 0.29) is 24.7 Å². The lowest BCUT2D eigenvalue weighted by Crippen LogP contribution is -2.34. The number of nitrogens with zero attached hydrogens (tertiary/aromatic N) is 1. The maximum Gasteiger partial charge on any atom is 0.270 e. The van der Waals surface area contributed by atoms with Gasteiger partial charge in [0.15, 0.2) is 0 Å². The maximum atomic E-state index is 13.6. The number of carbonyl (C=O) groups excluding carboxylic acids is 1. The van der Waals surface area contributed by atoms with Crippen LogP contribution in [0, 0.1) is 5.82 Å². The fourth-order valence-electron chi connectivity index (χ4n) is 1.69. The first-order chi connectivity index (χ1) is 10.1. The fraction of sp³-hybridized carbons (Fsp3) is 0.286. The molecule has 0 aliphatic rings. The van der Waals surface area contributed by atoms with Crippen molar-refractivity contribution in [3.63, 3.8) is 0 Å². The third kappa shape index (κ3) is 4.07. The van der Waals surface area contributed by atoms with E-state index in [0.29, 0.717) is 10.6 Å². The van der Waals surface area contributed by atoms with E-state index >= 15 is 0 Å². The van der Waals surface area contributed by atoms with Crippen LogP contribution in [0.5, 0.6) is 0 Å². The lowest BCUT2D eigenvalue weighted by molar-refractivity contribution is 0.0609. The zero-order valence-electron chi connectivity index (χ0n) is 11.4. The van der Waals surface area contributed by atoms with Crippen molar-refractivity contribution >= 4 is 17.2 Å². The second-order valence-electron chi connectivity index (χ2n) is 4.34. The van der Waals surface area contributed by atoms with Crippen LogP contribution in [0.4, 0.5) is 4.39 Å². The van der Waals surface area contributed by atoms with Gasteiger partial charge in [0.25, 0.3) is 5.91 Å². The second kappa shape index (κ2) is 7.26. The number of methoxy groups -OCH3 is 1. The van der Waals surface area contributed by atoms with Crippen LogP contribution < -0.4 is 5.32 Å². The summed E-state index contributed by atoms with van der Waals surface area (Å²) in [7, 11) is 1.46. The van der Waals surface area contributed by atoms with Gasteiger partial charge in [-0.1, -0.05) is 12.1 Å². The third-order valence-corrected chi connectivity index (χ3v) is 3.57. The predicted octanol–water partition coefficient (Wildman–Crippen LogP) is 1.69. The minimum absolute atomic E-state index is 0.0687. The maximum absolute atomic E-state index is 13.6. The number of rotatable bonds is 6. The molecule has 21 heavy (non-hydrogen) atoms. The van der Waals surface area contributed by atoms with Gasteiger partial charge in [0.05, 0.1) is 12.7 Å². The minimum atomic E-state index is -0.774. The SMILES string of the molecule is COCC(O)CNC(=O)c1csc(-c2ccccc2F)n1. The highest BCUT2D eigenvalue weighted by molar-refractivity contribution is 7.13. The molecule has 0 aliphatic heterocycles. The number of amides is 1.